The number of esters is 1. The number of benzene rings is 2. The monoisotopic (exact) mass is 467 g/mol. The highest BCUT2D eigenvalue weighted by atomic mass is 19.1. The first-order chi connectivity index (χ1) is 16.1. The average molecular weight is 468 g/mol. The number of carbonyl (C=O) groups excluding carboxylic acids is 2. The fourth-order valence-corrected chi connectivity index (χ4v) is 3.48. The average Bonchev–Trinajstić information content (AvgIpc) is 2.79. The van der Waals surface area contributed by atoms with Crippen LogP contribution in [0, 0.1) is 5.82 Å². The molecule has 0 spiro atoms. The molecule has 0 saturated heterocycles. The van der Waals surface area contributed by atoms with E-state index in [-0.39, 0.29) is 17.7 Å². The molecule has 0 unspecified atom stereocenters. The van der Waals surface area contributed by atoms with Crippen LogP contribution in [0.25, 0.3) is 22.3 Å². The molecule has 3 rings (SSSR count). The lowest BCUT2D eigenvalue weighted by Gasteiger charge is -2.19. The first-order valence-electron chi connectivity index (χ1n) is 11.2. The number of fused-ring (bicyclic) bond motifs is 1. The van der Waals surface area contributed by atoms with E-state index in [1.54, 1.807) is 30.3 Å². The first-order valence-corrected chi connectivity index (χ1v) is 11.2. The van der Waals surface area contributed by atoms with E-state index >= 15 is 0 Å². The number of halogens is 1. The fraction of sp³-hybridized carbons (Fsp3) is 0.385. The minimum atomic E-state index is -0.518. The third-order valence-corrected chi connectivity index (χ3v) is 5.12. The number of aromatic nitrogens is 2. The molecule has 0 atom stereocenters. The molecule has 34 heavy (non-hydrogen) atoms. The van der Waals surface area contributed by atoms with Crippen LogP contribution in [0.1, 0.15) is 56.1 Å². The van der Waals surface area contributed by atoms with Crippen molar-refractivity contribution < 1.29 is 23.8 Å². The molecule has 0 bridgehead atoms. The number of hydrogen-bond acceptors (Lipinski definition) is 6. The lowest BCUT2D eigenvalue weighted by molar-refractivity contribution is -0.154. The molecule has 1 aromatic heterocycles. The van der Waals surface area contributed by atoms with E-state index in [1.807, 2.05) is 20.8 Å². The van der Waals surface area contributed by atoms with Crippen molar-refractivity contribution in [3.63, 3.8) is 0 Å². The van der Waals surface area contributed by atoms with Gasteiger partial charge in [0.15, 0.2) is 0 Å². The number of unbranched alkanes of at least 4 members (excludes halogenated alkanes) is 1. The summed E-state index contributed by atoms with van der Waals surface area (Å²) in [5, 5.41) is 9.25. The molecule has 0 saturated carbocycles. The Morgan fingerprint density at radius 2 is 1.74 bits per heavy atom. The maximum absolute atomic E-state index is 13.5. The third kappa shape index (κ3) is 6.57. The van der Waals surface area contributed by atoms with Crippen LogP contribution in [0.2, 0.25) is 0 Å². The Balaban J connectivity index is 1.88. The number of amides is 1. The molecule has 2 aromatic carbocycles. The van der Waals surface area contributed by atoms with Gasteiger partial charge in [-0.25, -0.2) is 14.4 Å². The van der Waals surface area contributed by atoms with Gasteiger partial charge in [-0.2, -0.15) is 0 Å². The number of aliphatic hydroxyl groups excluding tert-OH is 1. The Morgan fingerprint density at radius 3 is 2.38 bits per heavy atom. The zero-order valence-electron chi connectivity index (χ0n) is 20.0. The molecule has 1 N–H and O–H groups in total. The van der Waals surface area contributed by atoms with Crippen LogP contribution in [-0.4, -0.2) is 51.2 Å². The minimum absolute atomic E-state index is 0.244. The van der Waals surface area contributed by atoms with Gasteiger partial charge in [0.25, 0.3) is 5.91 Å². The Hall–Kier alpha value is -3.39. The van der Waals surface area contributed by atoms with Crippen molar-refractivity contribution in [2.45, 2.75) is 52.1 Å². The third-order valence-electron chi connectivity index (χ3n) is 5.12. The maximum Gasteiger partial charge on any atom is 0.306 e. The van der Waals surface area contributed by atoms with Crippen molar-refractivity contribution in [3.05, 3.63) is 59.5 Å². The van der Waals surface area contributed by atoms with Gasteiger partial charge in [-0.05, 0) is 82.5 Å². The van der Waals surface area contributed by atoms with Crippen molar-refractivity contribution in [1.29, 1.82) is 0 Å². The molecule has 1 amide bonds. The molecule has 0 fully saturated rings. The van der Waals surface area contributed by atoms with Crippen LogP contribution in [0.4, 0.5) is 4.39 Å². The highest BCUT2D eigenvalue weighted by Gasteiger charge is 2.17. The van der Waals surface area contributed by atoms with Crippen LogP contribution in [0.15, 0.2) is 42.5 Å². The second kappa shape index (κ2) is 10.7. The molecule has 3 aromatic rings. The molecule has 1 heterocycles. The Bertz CT molecular complexity index is 1170. The predicted molar refractivity (Wildman–Crippen MR) is 128 cm³/mol. The van der Waals surface area contributed by atoms with Crippen molar-refractivity contribution in [2.75, 3.05) is 13.8 Å². The Morgan fingerprint density at radius 1 is 1.03 bits per heavy atom. The van der Waals surface area contributed by atoms with Gasteiger partial charge < -0.3 is 14.7 Å². The summed E-state index contributed by atoms with van der Waals surface area (Å²) in [5.41, 5.74) is 3.09. The van der Waals surface area contributed by atoms with E-state index in [2.05, 4.69) is 0 Å². The van der Waals surface area contributed by atoms with E-state index in [0.29, 0.717) is 53.7 Å². The molecule has 8 heteroatoms. The highest BCUT2D eigenvalue weighted by molar-refractivity contribution is 5.97. The van der Waals surface area contributed by atoms with E-state index in [4.69, 9.17) is 14.7 Å². The van der Waals surface area contributed by atoms with Gasteiger partial charge in [0.05, 0.1) is 22.4 Å². The largest absolute Gasteiger partial charge is 0.460 e. The number of hydrogen-bond donors (Lipinski definition) is 1. The maximum atomic E-state index is 13.5. The highest BCUT2D eigenvalue weighted by Crippen LogP contribution is 2.26. The normalized spacial score (nSPS) is 11.5. The van der Waals surface area contributed by atoms with Gasteiger partial charge in [0.1, 0.15) is 18.1 Å². The van der Waals surface area contributed by atoms with Gasteiger partial charge in [-0.1, -0.05) is 0 Å². The summed E-state index contributed by atoms with van der Waals surface area (Å²) >= 11 is 0. The molecule has 0 radical (unpaired) electrons. The summed E-state index contributed by atoms with van der Waals surface area (Å²) in [5.74, 6) is -0.910. The lowest BCUT2D eigenvalue weighted by atomic mass is 10.0. The van der Waals surface area contributed by atoms with Crippen molar-refractivity contribution in [3.8, 4) is 11.3 Å². The van der Waals surface area contributed by atoms with Crippen LogP contribution in [0.5, 0.6) is 0 Å². The van der Waals surface area contributed by atoms with Crippen molar-refractivity contribution in [1.82, 2.24) is 14.9 Å². The fourth-order valence-electron chi connectivity index (χ4n) is 3.48. The molecule has 0 aliphatic carbocycles. The molecule has 0 aliphatic rings. The summed E-state index contributed by atoms with van der Waals surface area (Å²) in [6.07, 6.45) is 2.15. The van der Waals surface area contributed by atoms with Crippen LogP contribution >= 0.6 is 0 Å². The summed E-state index contributed by atoms with van der Waals surface area (Å²) in [7, 11) is 1.51. The molecule has 7 nitrogen and oxygen atoms in total. The van der Waals surface area contributed by atoms with Crippen LogP contribution < -0.4 is 0 Å². The lowest BCUT2D eigenvalue weighted by Crippen LogP contribution is -2.27. The molecule has 180 valence electrons. The number of ether oxygens (including phenoxy) is 1. The predicted octanol–water partition coefficient (Wildman–Crippen LogP) is 4.51. The Kier molecular flexibility index (Phi) is 7.94. The van der Waals surface area contributed by atoms with Crippen LogP contribution in [0.3, 0.4) is 0 Å². The van der Waals surface area contributed by atoms with Gasteiger partial charge in [0.2, 0.25) is 0 Å². The van der Waals surface area contributed by atoms with Crippen LogP contribution in [-0.2, 0) is 16.0 Å². The summed E-state index contributed by atoms with van der Waals surface area (Å²) in [4.78, 5) is 35.2. The molecular weight excluding hydrogens is 437 g/mol. The van der Waals surface area contributed by atoms with Crippen molar-refractivity contribution in [2.24, 2.45) is 0 Å². The van der Waals surface area contributed by atoms with E-state index in [9.17, 15) is 19.1 Å². The molecule has 0 aliphatic heterocycles. The quantitative estimate of drug-likeness (QED) is 0.298. The van der Waals surface area contributed by atoms with E-state index in [1.165, 1.54) is 24.1 Å². The second-order valence-corrected chi connectivity index (χ2v) is 9.17. The topological polar surface area (TPSA) is 92.6 Å². The minimum Gasteiger partial charge on any atom is -0.460 e. The second-order valence-electron chi connectivity index (χ2n) is 9.17. The summed E-state index contributed by atoms with van der Waals surface area (Å²) in [6.45, 7) is 5.11. The summed E-state index contributed by atoms with van der Waals surface area (Å²) in [6, 6.07) is 11.1. The zero-order valence-corrected chi connectivity index (χ0v) is 20.0. The number of nitrogens with zero attached hydrogens (tertiary/aromatic N) is 3. The first kappa shape index (κ1) is 25.2. The van der Waals surface area contributed by atoms with Gasteiger partial charge >= 0.3 is 5.97 Å². The van der Waals surface area contributed by atoms with Gasteiger partial charge in [-0.15, -0.1) is 0 Å². The van der Waals surface area contributed by atoms with E-state index in [0.717, 1.165) is 5.56 Å². The smallest absolute Gasteiger partial charge is 0.306 e. The summed E-state index contributed by atoms with van der Waals surface area (Å²) < 4.78 is 18.8. The Labute approximate surface area is 198 Å². The molecular formula is C26H30FN3O4. The number of aliphatic hydroxyl groups is 1. The van der Waals surface area contributed by atoms with E-state index < -0.39 is 12.3 Å². The van der Waals surface area contributed by atoms with Gasteiger partial charge in [-0.3, -0.25) is 9.59 Å². The standard InChI is InChI=1S/C26H30FN3O4/c1-26(2,3)34-23(32)8-6-5-7-21-24(17-9-12-19(27)13-10-17)29-20-14-11-18(15-22(20)28-21)25(33)30(4)16-31/h9-15,31H,5-8,16H2,1-4H3. The van der Waals surface area contributed by atoms with Crippen molar-refractivity contribution >= 4 is 22.9 Å². The number of aryl methyl sites for hydroxylation is 1. The number of rotatable bonds is 8. The SMILES string of the molecule is CN(CO)C(=O)c1ccc2nc(-c3ccc(F)cc3)c(CCCCC(=O)OC(C)(C)C)nc2c1. The zero-order chi connectivity index (χ0) is 24.9. The number of carbonyl (C=O) groups is 2. The van der Waals surface area contributed by atoms with Gasteiger partial charge in [0, 0.05) is 24.6 Å².